The molecule has 2 heterocycles. The third kappa shape index (κ3) is 1.75. The molecule has 0 amide bonds. The standard InChI is InChI=1S/C9H10N4O3/c10-5-7-9(13(14)15)12(6-11-7)8-3-1-2-4-16-8/h6,8H,1-4H2/i5+1,10+1. The minimum atomic E-state index is -0.594. The lowest BCUT2D eigenvalue weighted by molar-refractivity contribution is -0.394. The first-order chi connectivity index (χ1) is 7.74. The fourth-order valence-corrected chi connectivity index (χ4v) is 1.77. The summed E-state index contributed by atoms with van der Waals surface area (Å²) in [5.74, 6) is -0.283. The van der Waals surface area contributed by atoms with Gasteiger partial charge in [0.15, 0.2) is 6.33 Å². The van der Waals surface area contributed by atoms with Gasteiger partial charge >= 0.3 is 5.82 Å². The molecule has 7 heteroatoms. The second-order valence-electron chi connectivity index (χ2n) is 3.51. The van der Waals surface area contributed by atoms with Crippen LogP contribution in [0.2, 0.25) is 0 Å². The smallest absolute Gasteiger partial charge is 0.358 e. The summed E-state index contributed by atoms with van der Waals surface area (Å²) in [5, 5.41) is 19.6. The number of nitrogens with zero attached hydrogens (tertiary/aromatic N) is 4. The second kappa shape index (κ2) is 4.28. The lowest BCUT2D eigenvalue weighted by Gasteiger charge is -2.20. The highest BCUT2D eigenvalue weighted by atomic mass is 16.6. The Morgan fingerprint density at radius 2 is 2.50 bits per heavy atom. The number of nitro groups is 1. The Hall–Kier alpha value is -1.94. The molecule has 0 aromatic carbocycles. The molecule has 1 aliphatic heterocycles. The van der Waals surface area contributed by atoms with Gasteiger partial charge in [-0.3, -0.25) is 0 Å². The van der Waals surface area contributed by atoms with Crippen LogP contribution in [0.15, 0.2) is 6.33 Å². The molecule has 0 radical (unpaired) electrons. The highest BCUT2D eigenvalue weighted by Crippen LogP contribution is 2.28. The van der Waals surface area contributed by atoms with Crippen LogP contribution in [0.5, 0.6) is 0 Å². The van der Waals surface area contributed by atoms with Gasteiger partial charge in [0.25, 0.3) is 0 Å². The quantitative estimate of drug-likeness (QED) is 0.327. The van der Waals surface area contributed by atoms with Crippen molar-refractivity contribution < 1.29 is 9.66 Å². The SMILES string of the molecule is [15N]#[13C]c1ncn(C2CCCCO2)c1[N+](=O)[O-]. The van der Waals surface area contributed by atoms with Gasteiger partial charge in [0.1, 0.15) is 6.07 Å². The number of aromatic nitrogens is 2. The van der Waals surface area contributed by atoms with E-state index in [4.69, 9.17) is 10.00 Å². The predicted molar refractivity (Wildman–Crippen MR) is 52.4 cm³/mol. The maximum Gasteiger partial charge on any atom is 0.363 e. The maximum absolute atomic E-state index is 10.8. The summed E-state index contributed by atoms with van der Waals surface area (Å²) in [4.78, 5) is 14.0. The van der Waals surface area contributed by atoms with Crippen LogP contribution in [0.4, 0.5) is 5.82 Å². The van der Waals surface area contributed by atoms with Gasteiger partial charge in [0, 0.05) is 6.42 Å². The lowest BCUT2D eigenvalue weighted by Crippen LogP contribution is -2.18. The molecule has 0 spiro atoms. The summed E-state index contributed by atoms with van der Waals surface area (Å²) >= 11 is 0. The van der Waals surface area contributed by atoms with Crippen molar-refractivity contribution in [1.82, 2.24) is 9.55 Å². The molecule has 0 aliphatic carbocycles. The molecule has 1 fully saturated rings. The van der Waals surface area contributed by atoms with Crippen LogP contribution >= 0.6 is 0 Å². The van der Waals surface area contributed by atoms with E-state index in [1.165, 1.54) is 10.9 Å². The minimum Gasteiger partial charge on any atom is -0.358 e. The number of ether oxygens (including phenoxy) is 1. The van der Waals surface area contributed by atoms with Gasteiger partial charge < -0.3 is 14.9 Å². The third-order valence-corrected chi connectivity index (χ3v) is 2.51. The monoisotopic (exact) mass is 224 g/mol. The van der Waals surface area contributed by atoms with Crippen LogP contribution < -0.4 is 0 Å². The van der Waals surface area contributed by atoms with Crippen molar-refractivity contribution in [3.05, 3.63) is 22.1 Å². The Morgan fingerprint density at radius 1 is 1.69 bits per heavy atom. The van der Waals surface area contributed by atoms with E-state index in [2.05, 4.69) is 4.98 Å². The van der Waals surface area contributed by atoms with Gasteiger partial charge in [-0.15, -0.1) is 0 Å². The van der Waals surface area contributed by atoms with Crippen LogP contribution in [0.3, 0.4) is 0 Å². The van der Waals surface area contributed by atoms with Crippen LogP contribution in [0, 0.1) is 21.4 Å². The molecule has 0 bridgehead atoms. The van der Waals surface area contributed by atoms with Crippen molar-refractivity contribution >= 4 is 5.82 Å². The molecule has 1 aliphatic rings. The molecule has 1 atom stereocenters. The maximum atomic E-state index is 10.8. The zero-order valence-corrected chi connectivity index (χ0v) is 8.50. The highest BCUT2D eigenvalue weighted by Gasteiger charge is 2.29. The average Bonchev–Trinajstić information content (AvgIpc) is 2.73. The first-order valence-electron chi connectivity index (χ1n) is 4.97. The molecule has 0 saturated carbocycles. The van der Waals surface area contributed by atoms with E-state index in [0.717, 1.165) is 12.8 Å². The van der Waals surface area contributed by atoms with E-state index >= 15 is 0 Å². The summed E-state index contributed by atoms with van der Waals surface area (Å²) in [7, 11) is 0. The van der Waals surface area contributed by atoms with E-state index < -0.39 is 4.92 Å². The van der Waals surface area contributed by atoms with Gasteiger partial charge in [-0.05, 0) is 17.8 Å². The molecular formula is C9H10N4O3. The normalized spacial score (nSPS) is 20.3. The van der Waals surface area contributed by atoms with Gasteiger partial charge in [-0.25, -0.2) is 0 Å². The first-order valence-corrected chi connectivity index (χ1v) is 4.97. The fourth-order valence-electron chi connectivity index (χ4n) is 1.77. The summed E-state index contributed by atoms with van der Waals surface area (Å²) in [6.07, 6.45) is 3.56. The Kier molecular flexibility index (Phi) is 2.83. The van der Waals surface area contributed by atoms with Crippen LogP contribution in [0.1, 0.15) is 31.2 Å². The van der Waals surface area contributed by atoms with Crippen molar-refractivity contribution in [3.63, 3.8) is 0 Å². The molecule has 7 nitrogen and oxygen atoms in total. The number of rotatable bonds is 2. The largest absolute Gasteiger partial charge is 0.363 e. The number of hydrogen-bond donors (Lipinski definition) is 0. The van der Waals surface area contributed by atoms with E-state index in [1.807, 2.05) is 0 Å². The van der Waals surface area contributed by atoms with Crippen molar-refractivity contribution in [2.45, 2.75) is 25.5 Å². The summed E-state index contributed by atoms with van der Waals surface area (Å²) in [5.41, 5.74) is -0.167. The predicted octanol–water partition coefficient (Wildman–Crippen LogP) is 1.36. The molecule has 16 heavy (non-hydrogen) atoms. The van der Waals surface area contributed by atoms with Crippen LogP contribution in [-0.2, 0) is 4.74 Å². The number of imidazole rings is 1. The highest BCUT2D eigenvalue weighted by molar-refractivity contribution is 5.38. The molecule has 0 N–H and O–H groups in total. The van der Waals surface area contributed by atoms with Crippen molar-refractivity contribution in [2.24, 2.45) is 0 Å². The molecule has 1 aromatic rings. The Morgan fingerprint density at radius 3 is 3.06 bits per heavy atom. The molecule has 84 valence electrons. The zero-order valence-electron chi connectivity index (χ0n) is 8.50. The second-order valence-corrected chi connectivity index (χ2v) is 3.51. The Balaban J connectivity index is 2.36. The fraction of sp³-hybridized carbons (Fsp3) is 0.556. The summed E-state index contributed by atoms with van der Waals surface area (Å²) in [6.45, 7) is 0.585. The lowest BCUT2D eigenvalue weighted by atomic mass is 10.2. The Labute approximate surface area is 91.4 Å². The van der Waals surface area contributed by atoms with Crippen molar-refractivity contribution in [1.29, 1.82) is 5.26 Å². The third-order valence-electron chi connectivity index (χ3n) is 2.51. The van der Waals surface area contributed by atoms with E-state index in [-0.39, 0.29) is 17.7 Å². The topological polar surface area (TPSA) is 94.0 Å². The number of nitriles is 1. The van der Waals surface area contributed by atoms with Crippen LogP contribution in [0.25, 0.3) is 0 Å². The summed E-state index contributed by atoms with van der Waals surface area (Å²) < 4.78 is 6.75. The molecule has 1 unspecified atom stereocenters. The van der Waals surface area contributed by atoms with Gasteiger partial charge in [-0.1, -0.05) is 0 Å². The average molecular weight is 224 g/mol. The Bertz CT molecular complexity index is 442. The zero-order chi connectivity index (χ0) is 11.5. The number of hydrogen-bond acceptors (Lipinski definition) is 5. The van der Waals surface area contributed by atoms with Gasteiger partial charge in [-0.2, -0.15) is 14.8 Å². The van der Waals surface area contributed by atoms with Gasteiger partial charge in [0.05, 0.1) is 6.61 Å². The minimum absolute atomic E-state index is 0.167. The van der Waals surface area contributed by atoms with Crippen molar-refractivity contribution in [2.75, 3.05) is 6.61 Å². The van der Waals surface area contributed by atoms with E-state index in [0.29, 0.717) is 13.0 Å². The molecular weight excluding hydrogens is 214 g/mol. The molecule has 1 saturated heterocycles. The molecule has 1 aromatic heterocycles. The van der Waals surface area contributed by atoms with E-state index in [1.54, 1.807) is 6.07 Å². The summed E-state index contributed by atoms with van der Waals surface area (Å²) in [6, 6.07) is 1.71. The van der Waals surface area contributed by atoms with E-state index in [9.17, 15) is 10.1 Å². The first kappa shape index (κ1) is 10.6. The molecule has 2 rings (SSSR count). The van der Waals surface area contributed by atoms with Crippen LogP contribution in [-0.4, -0.2) is 21.1 Å². The van der Waals surface area contributed by atoms with Crippen molar-refractivity contribution in [3.8, 4) is 6.07 Å². The van der Waals surface area contributed by atoms with Gasteiger partial charge in [0.2, 0.25) is 11.9 Å².